The number of hydrogen-bond donors (Lipinski definition) is 0. The monoisotopic (exact) mass is 1250 g/mol. The van der Waals surface area contributed by atoms with Crippen molar-refractivity contribution >= 4 is 0 Å². The van der Waals surface area contributed by atoms with Gasteiger partial charge in [0.05, 0.1) is 0 Å². The molecule has 0 aromatic heterocycles. The molecule has 0 saturated carbocycles. The van der Waals surface area contributed by atoms with Crippen LogP contribution in [0.25, 0.3) is 0 Å². The number of rotatable bonds is 0. The summed E-state index contributed by atoms with van der Waals surface area (Å²) in [6.07, 6.45) is 0. The second-order valence-electron chi connectivity index (χ2n) is 0. The summed E-state index contributed by atoms with van der Waals surface area (Å²) >= 11 is 0. The van der Waals surface area contributed by atoms with Gasteiger partial charge in [0.1, 0.15) is 0 Å². The molecule has 0 aliphatic heterocycles. The fourth-order valence-corrected chi connectivity index (χ4v) is 0. The van der Waals surface area contributed by atoms with Crippen LogP contribution in [0, 0.1) is 0 Å². The summed E-state index contributed by atoms with van der Waals surface area (Å²) in [7, 11) is 0. The second kappa shape index (κ2) is 0. The van der Waals surface area contributed by atoms with Crippen molar-refractivity contribution in [1.82, 2.24) is 0 Å². The van der Waals surface area contributed by atoms with Crippen LogP contribution in [-0.4, -0.2) is 0 Å². The highest BCUT2D eigenvalue weighted by atomic mass is 12.1. The summed E-state index contributed by atoms with van der Waals surface area (Å²) in [5, 5.41) is 0. The molecule has 0 spiro atoms. The predicted molar refractivity (Wildman–Crippen MR) is 525 cm³/mol. The molecule has 0 heterocycles. The average molecular weight is 1250 g/mol. The fraction of sp³-hybridized carbons (Fsp3) is 1.00. The van der Waals surface area contributed by atoms with Crippen LogP contribution < -0.4 is 0 Å². The first-order valence-electron chi connectivity index (χ1n) is 0. The molecule has 0 amide bonds. The Hall–Kier alpha value is 0. The minimum absolute atomic E-state index is 0. The van der Waals surface area contributed by atoms with Crippen LogP contribution in [0.1, 0.15) is 579 Å². The van der Waals surface area contributed by atoms with Crippen LogP contribution in [0.15, 0.2) is 0 Å². The molecule has 0 bridgehead atoms. The molecule has 0 radical (unpaired) electrons. The van der Waals surface area contributed by atoms with Crippen molar-refractivity contribution in [3.8, 4) is 0 Å². The summed E-state index contributed by atoms with van der Waals surface area (Å²) in [4.78, 5) is 0. The van der Waals surface area contributed by atoms with E-state index in [0.717, 1.165) is 0 Å². The molecular formula is C78H312. The Kier molecular flexibility index (Phi) is 0. The van der Waals surface area contributed by atoms with E-state index in [4.69, 9.17) is 0 Å². The van der Waals surface area contributed by atoms with Gasteiger partial charge < -0.3 is 0 Å². The van der Waals surface area contributed by atoms with Gasteiger partial charge in [0.15, 0.2) is 0 Å². The van der Waals surface area contributed by atoms with Crippen molar-refractivity contribution in [2.24, 2.45) is 0 Å². The van der Waals surface area contributed by atoms with Crippen LogP contribution in [0.4, 0.5) is 0 Å². The van der Waals surface area contributed by atoms with E-state index in [0.29, 0.717) is 0 Å². The van der Waals surface area contributed by atoms with Gasteiger partial charge in [-0.15, -0.1) is 0 Å². The lowest BCUT2D eigenvalue weighted by molar-refractivity contribution is 2.50. The highest BCUT2D eigenvalue weighted by Crippen LogP contribution is 0.221. The van der Waals surface area contributed by atoms with Gasteiger partial charge in [-0.2, -0.15) is 0 Å². The largest absolute Gasteiger partial charge is 0.0776 e. The maximum absolute atomic E-state index is 0. The normalized spacial score (nSPS) is 0. The van der Waals surface area contributed by atoms with E-state index in [1.165, 1.54) is 0 Å². The molecule has 0 aromatic rings. The Morgan fingerprint density at radius 3 is 0.0128 bits per heavy atom. The zero-order chi connectivity index (χ0) is 0. The van der Waals surface area contributed by atoms with E-state index in [1.54, 1.807) is 0 Å². The first kappa shape index (κ1) is 0. The predicted octanol–water partition coefficient (Wildman–Crippen LogP) is 49.6. The molecule has 0 rings (SSSR count). The van der Waals surface area contributed by atoms with E-state index in [-0.39, 0.29) is 579 Å². The Morgan fingerprint density at radius 1 is 0.0128 bits per heavy atom. The molecule has 78 heavy (non-hydrogen) atoms. The molecule has 0 saturated heterocycles. The topological polar surface area (TPSA) is 0 Å². The van der Waals surface area contributed by atoms with Crippen LogP contribution in [0.2, 0.25) is 0 Å². The lowest BCUT2D eigenvalue weighted by Gasteiger charge is -0.0786. The minimum atomic E-state index is 0. The van der Waals surface area contributed by atoms with Gasteiger partial charge >= 0.3 is 0 Å². The third-order valence-electron chi connectivity index (χ3n) is 0. The van der Waals surface area contributed by atoms with Gasteiger partial charge in [-0.3, -0.25) is 0 Å². The Labute approximate surface area is 576 Å². The van der Waals surface area contributed by atoms with Gasteiger partial charge in [0.2, 0.25) is 0 Å². The lowest BCUT2D eigenvalue weighted by Crippen LogP contribution is 0.143. The van der Waals surface area contributed by atoms with Crippen LogP contribution >= 0.6 is 0 Å². The van der Waals surface area contributed by atoms with Crippen molar-refractivity contribution in [2.45, 2.75) is 579 Å². The molecule has 0 N–H and O–H groups in total. The van der Waals surface area contributed by atoms with Crippen LogP contribution in [0.3, 0.4) is 0 Å². The van der Waals surface area contributed by atoms with Crippen molar-refractivity contribution in [3.05, 3.63) is 0 Å². The van der Waals surface area contributed by atoms with E-state index < -0.39 is 0 Å². The van der Waals surface area contributed by atoms with Crippen molar-refractivity contribution in [3.63, 3.8) is 0 Å². The maximum atomic E-state index is 0. The molecule has 0 atom stereocenters. The van der Waals surface area contributed by atoms with Crippen molar-refractivity contribution in [1.29, 1.82) is 0 Å². The van der Waals surface area contributed by atoms with Crippen molar-refractivity contribution in [2.75, 3.05) is 0 Å². The molecule has 0 nitrogen and oxygen atoms in total. The zero-order valence-corrected chi connectivity index (χ0v) is 0. The van der Waals surface area contributed by atoms with Gasteiger partial charge in [-0.05, 0) is 0 Å². The molecule has 0 aliphatic rings. The van der Waals surface area contributed by atoms with E-state index >= 15 is 0 Å². The Bertz CT molecular complexity index is 0. The third-order valence-corrected chi connectivity index (χ3v) is 0. The summed E-state index contributed by atoms with van der Waals surface area (Å²) in [6.45, 7) is 0. The summed E-state index contributed by atoms with van der Waals surface area (Å²) in [5.41, 5.74) is 0. The van der Waals surface area contributed by atoms with Gasteiger partial charge in [0.25, 0.3) is 0 Å². The third kappa shape index (κ3) is 0. The molecule has 0 unspecified atom stereocenters. The SMILES string of the molecule is C.C.C.C.C.C.C.C.C.C.C.C.C.C.C.C.C.C.C.C.C.C.C.C.C.C.C.C.C.C.C.C.C.C.C.C.C.C.C.C.C.C.C.C.C.C.C.C.C.C.C.C.C.C.C.C.C.C.C.C.C.C.C.C.C.C.C.C.C.C.C.C.C.C.C.C.C.C. The molecule has 0 heteroatoms. The molecule has 0 fully saturated rings. The molecule has 624 valence electrons. The van der Waals surface area contributed by atoms with Gasteiger partial charge in [-0.1, -0.05) is 579 Å². The van der Waals surface area contributed by atoms with E-state index in [1.807, 2.05) is 0 Å². The Morgan fingerprint density at radius 2 is 0.0128 bits per heavy atom. The highest BCUT2D eigenvalue weighted by molar-refractivity contribution is 2.58. The van der Waals surface area contributed by atoms with E-state index in [9.17, 15) is 0 Å². The smallest absolute Gasteiger partial charge is 0.0776 e. The number of hydrogen-bond acceptors (Lipinski definition) is 0. The zero-order valence-electron chi connectivity index (χ0n) is 0. The first-order valence-corrected chi connectivity index (χ1v) is 0. The highest BCUT2D eigenvalue weighted by Gasteiger charge is -0.000558. The first-order chi connectivity index (χ1) is 0. The second-order valence-corrected chi connectivity index (χ2v) is 0. The van der Waals surface area contributed by atoms with Crippen molar-refractivity contribution < 1.29 is 0 Å². The summed E-state index contributed by atoms with van der Waals surface area (Å²) in [6, 6.07) is 0. The van der Waals surface area contributed by atoms with Gasteiger partial charge in [0, 0.05) is 0 Å². The van der Waals surface area contributed by atoms with E-state index in [2.05, 4.69) is 0 Å². The standard InChI is InChI=1S/78CH4/h78*1H4. The van der Waals surface area contributed by atoms with Crippen LogP contribution in [-0.2, 0) is 0 Å². The summed E-state index contributed by atoms with van der Waals surface area (Å²) in [5.74, 6) is 0. The average Bonchev–Trinajstić information content (AvgIpc) is 0. The minimum Gasteiger partial charge on any atom is -0.0776 e. The lowest BCUT2D eigenvalue weighted by atomic mass is 12.0. The molecule has 0 aliphatic carbocycles. The maximum Gasteiger partial charge on any atom is -0.0776 e. The fourth-order valence-electron chi connectivity index (χ4n) is 0. The van der Waals surface area contributed by atoms with Crippen LogP contribution in [0.5, 0.6) is 0 Å². The summed E-state index contributed by atoms with van der Waals surface area (Å²) < 4.78 is 0. The molecule has 0 aromatic carbocycles. The quantitative estimate of drug-likeness (QED) is 0.227. The Balaban J connectivity index is 0. The molecular weight excluding hydrogens is 937 g/mol. The van der Waals surface area contributed by atoms with Gasteiger partial charge in [-0.25, -0.2) is 0 Å².